The zero-order valence-electron chi connectivity index (χ0n) is 14.2. The summed E-state index contributed by atoms with van der Waals surface area (Å²) in [5.74, 6) is -0.209. The lowest BCUT2D eigenvalue weighted by Crippen LogP contribution is -2.50. The van der Waals surface area contributed by atoms with Gasteiger partial charge in [0.15, 0.2) is 0 Å². The van der Waals surface area contributed by atoms with Crippen molar-refractivity contribution in [2.75, 3.05) is 11.9 Å². The summed E-state index contributed by atoms with van der Waals surface area (Å²) in [6.07, 6.45) is 1.53. The third-order valence-electron chi connectivity index (χ3n) is 4.03. The SMILES string of the molecule is Cc1cc(NCC(=O)NC(C)(C#N)C(C)C)ccc1-n1cnnn1. The summed E-state index contributed by atoms with van der Waals surface area (Å²) < 4.78 is 1.58. The molecule has 1 heterocycles. The van der Waals surface area contributed by atoms with Crippen LogP contribution in [0.5, 0.6) is 0 Å². The van der Waals surface area contributed by atoms with E-state index in [1.165, 1.54) is 6.33 Å². The molecule has 0 bridgehead atoms. The molecule has 0 radical (unpaired) electrons. The smallest absolute Gasteiger partial charge is 0.240 e. The average Bonchev–Trinajstić information content (AvgIpc) is 3.06. The van der Waals surface area contributed by atoms with Crippen LogP contribution in [0.4, 0.5) is 5.69 Å². The molecule has 8 nitrogen and oxygen atoms in total. The van der Waals surface area contributed by atoms with Crippen LogP contribution in [-0.2, 0) is 4.79 Å². The molecule has 2 N–H and O–H groups in total. The van der Waals surface area contributed by atoms with Gasteiger partial charge in [-0.05, 0) is 54.0 Å². The Hall–Kier alpha value is -2.95. The fourth-order valence-electron chi connectivity index (χ4n) is 2.11. The lowest BCUT2D eigenvalue weighted by Gasteiger charge is -2.27. The molecule has 0 aliphatic heterocycles. The molecule has 24 heavy (non-hydrogen) atoms. The van der Waals surface area contributed by atoms with Gasteiger partial charge in [-0.25, -0.2) is 4.68 Å². The number of aromatic nitrogens is 4. The number of hydrogen-bond acceptors (Lipinski definition) is 6. The predicted octanol–water partition coefficient (Wildman–Crippen LogP) is 1.44. The van der Waals surface area contributed by atoms with Crippen molar-refractivity contribution >= 4 is 11.6 Å². The molecule has 0 fully saturated rings. The number of carbonyl (C=O) groups excluding carboxylic acids is 1. The van der Waals surface area contributed by atoms with Gasteiger partial charge in [0, 0.05) is 5.69 Å². The zero-order chi connectivity index (χ0) is 17.7. The minimum Gasteiger partial charge on any atom is -0.376 e. The summed E-state index contributed by atoms with van der Waals surface area (Å²) in [6, 6.07) is 7.80. The van der Waals surface area contributed by atoms with Gasteiger partial charge in [-0.3, -0.25) is 4.79 Å². The number of amides is 1. The van der Waals surface area contributed by atoms with E-state index < -0.39 is 5.54 Å². The number of tetrazole rings is 1. The van der Waals surface area contributed by atoms with Gasteiger partial charge >= 0.3 is 0 Å². The quantitative estimate of drug-likeness (QED) is 0.831. The van der Waals surface area contributed by atoms with Crippen molar-refractivity contribution in [2.45, 2.75) is 33.2 Å². The molecule has 2 aromatic rings. The molecular weight excluding hydrogens is 306 g/mol. The van der Waals surface area contributed by atoms with Crippen LogP contribution in [-0.4, -0.2) is 38.2 Å². The molecule has 1 aromatic carbocycles. The van der Waals surface area contributed by atoms with E-state index in [0.29, 0.717) is 0 Å². The molecule has 8 heteroatoms. The maximum atomic E-state index is 12.1. The van der Waals surface area contributed by atoms with E-state index in [-0.39, 0.29) is 18.4 Å². The van der Waals surface area contributed by atoms with Crippen molar-refractivity contribution in [1.29, 1.82) is 5.26 Å². The van der Waals surface area contributed by atoms with Crippen molar-refractivity contribution in [3.63, 3.8) is 0 Å². The van der Waals surface area contributed by atoms with Crippen molar-refractivity contribution in [2.24, 2.45) is 5.92 Å². The van der Waals surface area contributed by atoms with Crippen LogP contribution in [0, 0.1) is 24.2 Å². The molecule has 2 rings (SSSR count). The molecule has 1 unspecified atom stereocenters. The van der Waals surface area contributed by atoms with Crippen LogP contribution >= 0.6 is 0 Å². The fraction of sp³-hybridized carbons (Fsp3) is 0.438. The highest BCUT2D eigenvalue weighted by Crippen LogP contribution is 2.18. The van der Waals surface area contributed by atoms with Crippen LogP contribution < -0.4 is 10.6 Å². The Kier molecular flexibility index (Phi) is 5.14. The second kappa shape index (κ2) is 7.08. The summed E-state index contributed by atoms with van der Waals surface area (Å²) >= 11 is 0. The maximum absolute atomic E-state index is 12.1. The number of aryl methyl sites for hydroxylation is 1. The third-order valence-corrected chi connectivity index (χ3v) is 4.03. The number of benzene rings is 1. The molecule has 1 aromatic heterocycles. The Morgan fingerprint density at radius 3 is 2.75 bits per heavy atom. The highest BCUT2D eigenvalue weighted by molar-refractivity contribution is 5.82. The standard InChI is InChI=1S/C16H21N7O/c1-11(2)16(4,9-17)20-15(24)8-18-13-5-6-14(12(3)7-13)23-10-19-21-22-23/h5-7,10-11,18H,8H2,1-4H3,(H,20,24). The molecule has 0 aliphatic rings. The highest BCUT2D eigenvalue weighted by Gasteiger charge is 2.29. The minimum absolute atomic E-state index is 0.0178. The molecule has 1 amide bonds. The number of hydrogen-bond donors (Lipinski definition) is 2. The third kappa shape index (κ3) is 3.87. The topological polar surface area (TPSA) is 109 Å². The number of rotatable bonds is 6. The van der Waals surface area contributed by atoms with E-state index >= 15 is 0 Å². The Bertz CT molecular complexity index is 748. The molecule has 126 valence electrons. The monoisotopic (exact) mass is 327 g/mol. The minimum atomic E-state index is -0.876. The van der Waals surface area contributed by atoms with Crippen molar-refractivity contribution in [3.05, 3.63) is 30.1 Å². The largest absolute Gasteiger partial charge is 0.376 e. The molecule has 1 atom stereocenters. The van der Waals surface area contributed by atoms with Gasteiger partial charge in [-0.2, -0.15) is 5.26 Å². The fourth-order valence-corrected chi connectivity index (χ4v) is 2.11. The lowest BCUT2D eigenvalue weighted by atomic mass is 9.90. The van der Waals surface area contributed by atoms with Crippen molar-refractivity contribution in [3.8, 4) is 11.8 Å². The number of carbonyl (C=O) groups is 1. The molecule has 0 spiro atoms. The number of nitrogens with zero attached hydrogens (tertiary/aromatic N) is 5. The first-order valence-electron chi connectivity index (χ1n) is 7.66. The van der Waals surface area contributed by atoms with E-state index in [2.05, 4.69) is 32.2 Å². The second-order valence-corrected chi connectivity index (χ2v) is 6.13. The van der Waals surface area contributed by atoms with Crippen LogP contribution in [0.1, 0.15) is 26.3 Å². The van der Waals surface area contributed by atoms with E-state index in [1.54, 1.807) is 11.6 Å². The first kappa shape index (κ1) is 17.4. The van der Waals surface area contributed by atoms with Gasteiger partial charge in [0.25, 0.3) is 0 Å². The van der Waals surface area contributed by atoms with Crippen molar-refractivity contribution in [1.82, 2.24) is 25.5 Å². The number of nitrogens with one attached hydrogen (secondary N) is 2. The first-order valence-corrected chi connectivity index (χ1v) is 7.66. The Balaban J connectivity index is 1.99. The summed E-state index contributed by atoms with van der Waals surface area (Å²) in [5.41, 5.74) is 1.77. The Morgan fingerprint density at radius 2 is 2.21 bits per heavy atom. The molecule has 0 saturated carbocycles. The van der Waals surface area contributed by atoms with E-state index in [1.807, 2.05) is 39.0 Å². The average molecular weight is 327 g/mol. The van der Waals surface area contributed by atoms with Crippen LogP contribution in [0.3, 0.4) is 0 Å². The van der Waals surface area contributed by atoms with Crippen molar-refractivity contribution < 1.29 is 4.79 Å². The molecule has 0 saturated heterocycles. The van der Waals surface area contributed by atoms with E-state index in [4.69, 9.17) is 0 Å². The van der Waals surface area contributed by atoms with Crippen LogP contribution in [0.15, 0.2) is 24.5 Å². The van der Waals surface area contributed by atoms with Gasteiger partial charge in [0.2, 0.25) is 5.91 Å². The summed E-state index contributed by atoms with van der Waals surface area (Å²) in [5, 5.41) is 26.2. The van der Waals surface area contributed by atoms with Gasteiger partial charge < -0.3 is 10.6 Å². The summed E-state index contributed by atoms with van der Waals surface area (Å²) in [7, 11) is 0. The van der Waals surface area contributed by atoms with E-state index in [9.17, 15) is 10.1 Å². The Labute approximate surface area is 140 Å². The number of nitriles is 1. The molecule has 0 aliphatic carbocycles. The summed E-state index contributed by atoms with van der Waals surface area (Å²) in [6.45, 7) is 7.55. The second-order valence-electron chi connectivity index (χ2n) is 6.13. The van der Waals surface area contributed by atoms with E-state index in [0.717, 1.165) is 16.9 Å². The highest BCUT2D eigenvalue weighted by atomic mass is 16.2. The lowest BCUT2D eigenvalue weighted by molar-refractivity contribution is -0.121. The van der Waals surface area contributed by atoms with Gasteiger partial charge in [0.1, 0.15) is 11.9 Å². The Morgan fingerprint density at radius 1 is 1.46 bits per heavy atom. The first-order chi connectivity index (χ1) is 11.4. The molecular formula is C16H21N7O. The van der Waals surface area contributed by atoms with Crippen LogP contribution in [0.25, 0.3) is 5.69 Å². The predicted molar refractivity (Wildman–Crippen MR) is 89.4 cm³/mol. The van der Waals surface area contributed by atoms with Gasteiger partial charge in [-0.15, -0.1) is 5.10 Å². The summed E-state index contributed by atoms with van der Waals surface area (Å²) in [4.78, 5) is 12.1. The number of anilines is 1. The van der Waals surface area contributed by atoms with Crippen LogP contribution in [0.2, 0.25) is 0 Å². The zero-order valence-corrected chi connectivity index (χ0v) is 14.2. The maximum Gasteiger partial charge on any atom is 0.240 e. The van der Waals surface area contributed by atoms with Gasteiger partial charge in [0.05, 0.1) is 18.3 Å². The van der Waals surface area contributed by atoms with Gasteiger partial charge in [-0.1, -0.05) is 13.8 Å². The normalized spacial score (nSPS) is 13.2.